The highest BCUT2D eigenvalue weighted by molar-refractivity contribution is 5.93. The van der Waals surface area contributed by atoms with E-state index in [1.807, 2.05) is 30.3 Å². The number of aryl methyl sites for hydroxylation is 1. The van der Waals surface area contributed by atoms with Crippen molar-refractivity contribution in [2.45, 2.75) is 46.7 Å². The van der Waals surface area contributed by atoms with Crippen molar-refractivity contribution in [3.05, 3.63) is 41.7 Å². The second-order valence-electron chi connectivity index (χ2n) is 6.44. The van der Waals surface area contributed by atoms with E-state index in [0.29, 0.717) is 30.0 Å². The quantitative estimate of drug-likeness (QED) is 0.847. The molecule has 1 heterocycles. The van der Waals surface area contributed by atoms with E-state index in [2.05, 4.69) is 48.1 Å². The first-order chi connectivity index (χ1) is 11.4. The van der Waals surface area contributed by atoms with Gasteiger partial charge in [0.1, 0.15) is 0 Å². The number of rotatable bonds is 7. The predicted molar refractivity (Wildman–Crippen MR) is 95.4 cm³/mol. The standard InChI is InChI=1S/C18H27N5O/c1-13(2)22(14(3)4)12-11-19-18(24)17-15(5)20-23(21-17)16-9-7-6-8-10-16/h6-10,13-14H,11-12H2,1-5H3,(H,19,24). The first-order valence-corrected chi connectivity index (χ1v) is 8.43. The average Bonchev–Trinajstić information content (AvgIpc) is 2.93. The number of carbonyl (C=O) groups excluding carboxylic acids is 1. The average molecular weight is 329 g/mol. The Morgan fingerprint density at radius 3 is 2.33 bits per heavy atom. The van der Waals surface area contributed by atoms with Gasteiger partial charge in [-0.05, 0) is 46.8 Å². The van der Waals surface area contributed by atoms with Crippen LogP contribution in [0.5, 0.6) is 0 Å². The van der Waals surface area contributed by atoms with Crippen LogP contribution in [0.4, 0.5) is 0 Å². The van der Waals surface area contributed by atoms with Gasteiger partial charge in [0, 0.05) is 25.2 Å². The van der Waals surface area contributed by atoms with Crippen LogP contribution in [0.15, 0.2) is 30.3 Å². The maximum absolute atomic E-state index is 12.4. The summed E-state index contributed by atoms with van der Waals surface area (Å²) in [5.41, 5.74) is 1.84. The van der Waals surface area contributed by atoms with Crippen LogP contribution >= 0.6 is 0 Å². The Bertz CT molecular complexity index is 655. The molecule has 0 aliphatic carbocycles. The van der Waals surface area contributed by atoms with Crippen molar-refractivity contribution < 1.29 is 4.79 Å². The molecule has 1 aromatic heterocycles. The van der Waals surface area contributed by atoms with E-state index < -0.39 is 0 Å². The Hall–Kier alpha value is -2.21. The summed E-state index contributed by atoms with van der Waals surface area (Å²) in [6, 6.07) is 10.5. The van der Waals surface area contributed by atoms with Gasteiger partial charge < -0.3 is 5.32 Å². The minimum Gasteiger partial charge on any atom is -0.349 e. The fraction of sp³-hybridized carbons (Fsp3) is 0.500. The van der Waals surface area contributed by atoms with Gasteiger partial charge in [0.15, 0.2) is 5.69 Å². The van der Waals surface area contributed by atoms with Gasteiger partial charge in [-0.2, -0.15) is 9.90 Å². The molecule has 0 saturated heterocycles. The summed E-state index contributed by atoms with van der Waals surface area (Å²) in [5.74, 6) is -0.179. The molecule has 1 aromatic carbocycles. The van der Waals surface area contributed by atoms with Gasteiger partial charge in [0.2, 0.25) is 0 Å². The van der Waals surface area contributed by atoms with Crippen molar-refractivity contribution in [3.63, 3.8) is 0 Å². The second-order valence-corrected chi connectivity index (χ2v) is 6.44. The van der Waals surface area contributed by atoms with Crippen molar-refractivity contribution in [1.29, 1.82) is 0 Å². The molecule has 0 aliphatic rings. The van der Waals surface area contributed by atoms with Crippen LogP contribution in [-0.4, -0.2) is 51.0 Å². The van der Waals surface area contributed by atoms with Gasteiger partial charge in [-0.15, -0.1) is 5.10 Å². The molecule has 0 fully saturated rings. The van der Waals surface area contributed by atoms with Crippen molar-refractivity contribution in [2.24, 2.45) is 0 Å². The fourth-order valence-corrected chi connectivity index (χ4v) is 2.76. The molecule has 0 saturated carbocycles. The molecule has 0 atom stereocenters. The number of amides is 1. The SMILES string of the molecule is Cc1nn(-c2ccccc2)nc1C(=O)NCCN(C(C)C)C(C)C. The molecule has 2 rings (SSSR count). The van der Waals surface area contributed by atoms with Crippen LogP contribution in [0.1, 0.15) is 43.9 Å². The molecule has 0 spiro atoms. The first-order valence-electron chi connectivity index (χ1n) is 8.43. The Morgan fingerprint density at radius 1 is 1.12 bits per heavy atom. The highest BCUT2D eigenvalue weighted by atomic mass is 16.2. The zero-order valence-corrected chi connectivity index (χ0v) is 15.2. The lowest BCUT2D eigenvalue weighted by molar-refractivity contribution is 0.0933. The Morgan fingerprint density at radius 2 is 1.75 bits per heavy atom. The number of nitrogens with one attached hydrogen (secondary N) is 1. The van der Waals surface area contributed by atoms with E-state index in [1.165, 1.54) is 4.80 Å². The van der Waals surface area contributed by atoms with Crippen LogP contribution in [0.2, 0.25) is 0 Å². The first kappa shape index (κ1) is 18.1. The molecule has 24 heavy (non-hydrogen) atoms. The number of carbonyl (C=O) groups is 1. The number of hydrogen-bond acceptors (Lipinski definition) is 4. The van der Waals surface area contributed by atoms with Gasteiger partial charge in [0.05, 0.1) is 11.4 Å². The fourth-order valence-electron chi connectivity index (χ4n) is 2.76. The topological polar surface area (TPSA) is 63.1 Å². The molecule has 1 amide bonds. The lowest BCUT2D eigenvalue weighted by Gasteiger charge is -2.30. The lowest BCUT2D eigenvalue weighted by atomic mass is 10.2. The third kappa shape index (κ3) is 4.41. The van der Waals surface area contributed by atoms with Gasteiger partial charge in [-0.25, -0.2) is 0 Å². The predicted octanol–water partition coefficient (Wildman–Crippen LogP) is 2.42. The van der Waals surface area contributed by atoms with Gasteiger partial charge >= 0.3 is 0 Å². The zero-order valence-electron chi connectivity index (χ0n) is 15.2. The monoisotopic (exact) mass is 329 g/mol. The minimum absolute atomic E-state index is 0.179. The molecule has 6 nitrogen and oxygen atoms in total. The molecular formula is C18H27N5O. The Labute approximate surface area is 143 Å². The molecular weight excluding hydrogens is 302 g/mol. The van der Waals surface area contributed by atoms with E-state index in [0.717, 1.165) is 12.2 Å². The molecule has 1 N–H and O–H groups in total. The molecule has 0 bridgehead atoms. The zero-order chi connectivity index (χ0) is 17.7. The summed E-state index contributed by atoms with van der Waals surface area (Å²) in [7, 11) is 0. The number of nitrogens with zero attached hydrogens (tertiary/aromatic N) is 4. The third-order valence-corrected chi connectivity index (χ3v) is 3.97. The normalized spacial score (nSPS) is 11.5. The van der Waals surface area contributed by atoms with E-state index in [-0.39, 0.29) is 5.91 Å². The van der Waals surface area contributed by atoms with Crippen LogP contribution in [0, 0.1) is 6.92 Å². The van der Waals surface area contributed by atoms with Crippen LogP contribution in [-0.2, 0) is 0 Å². The summed E-state index contributed by atoms with van der Waals surface area (Å²) in [5, 5.41) is 11.6. The summed E-state index contributed by atoms with van der Waals surface area (Å²) in [6.45, 7) is 11.9. The molecule has 0 radical (unpaired) electrons. The van der Waals surface area contributed by atoms with Crippen molar-refractivity contribution in [3.8, 4) is 5.69 Å². The second kappa shape index (κ2) is 8.06. The van der Waals surface area contributed by atoms with Crippen LogP contribution in [0.3, 0.4) is 0 Å². The van der Waals surface area contributed by atoms with Gasteiger partial charge in [-0.1, -0.05) is 18.2 Å². The summed E-state index contributed by atoms with van der Waals surface area (Å²) >= 11 is 0. The Balaban J connectivity index is 1.99. The largest absolute Gasteiger partial charge is 0.349 e. The maximum Gasteiger partial charge on any atom is 0.273 e. The molecule has 6 heteroatoms. The summed E-state index contributed by atoms with van der Waals surface area (Å²) in [6.07, 6.45) is 0. The van der Waals surface area contributed by atoms with Crippen LogP contribution < -0.4 is 5.32 Å². The summed E-state index contributed by atoms with van der Waals surface area (Å²) in [4.78, 5) is 16.2. The van der Waals surface area contributed by atoms with E-state index >= 15 is 0 Å². The van der Waals surface area contributed by atoms with Crippen molar-refractivity contribution in [1.82, 2.24) is 25.2 Å². The number of para-hydroxylation sites is 1. The maximum atomic E-state index is 12.4. The van der Waals surface area contributed by atoms with E-state index in [1.54, 1.807) is 6.92 Å². The van der Waals surface area contributed by atoms with Crippen LogP contribution in [0.25, 0.3) is 5.69 Å². The number of benzene rings is 1. The molecule has 130 valence electrons. The highest BCUT2D eigenvalue weighted by Gasteiger charge is 2.17. The number of aromatic nitrogens is 3. The molecule has 2 aromatic rings. The van der Waals surface area contributed by atoms with E-state index in [9.17, 15) is 4.79 Å². The van der Waals surface area contributed by atoms with E-state index in [4.69, 9.17) is 0 Å². The minimum atomic E-state index is -0.179. The van der Waals surface area contributed by atoms with Crippen molar-refractivity contribution >= 4 is 5.91 Å². The molecule has 0 aliphatic heterocycles. The summed E-state index contributed by atoms with van der Waals surface area (Å²) < 4.78 is 0. The molecule has 0 unspecified atom stereocenters. The number of hydrogen-bond donors (Lipinski definition) is 1. The highest BCUT2D eigenvalue weighted by Crippen LogP contribution is 2.08. The van der Waals surface area contributed by atoms with Gasteiger partial charge in [-0.3, -0.25) is 9.69 Å². The Kier molecular flexibility index (Phi) is 6.09. The lowest BCUT2D eigenvalue weighted by Crippen LogP contribution is -2.42. The smallest absolute Gasteiger partial charge is 0.273 e. The third-order valence-electron chi connectivity index (χ3n) is 3.97. The van der Waals surface area contributed by atoms with Crippen molar-refractivity contribution in [2.75, 3.05) is 13.1 Å². The van der Waals surface area contributed by atoms with Gasteiger partial charge in [0.25, 0.3) is 5.91 Å².